The number of ether oxygens (including phenoxy) is 1. The summed E-state index contributed by atoms with van der Waals surface area (Å²) in [7, 11) is 0. The number of carbonyl (C=O) groups excluding carboxylic acids is 2. The fourth-order valence-electron chi connectivity index (χ4n) is 9.27. The summed E-state index contributed by atoms with van der Waals surface area (Å²) in [6.07, 6.45) is 9.39. The molecule has 3 N–H and O–H groups in total. The maximum Gasteiger partial charge on any atom is 0.309 e. The number of hydrogen-bond donors (Lipinski definition) is 2. The van der Waals surface area contributed by atoms with Crippen molar-refractivity contribution in [2.24, 2.45) is 40.2 Å². The van der Waals surface area contributed by atoms with Crippen LogP contribution in [0.4, 0.5) is 4.39 Å². The Morgan fingerprint density at radius 3 is 2.66 bits per heavy atom. The van der Waals surface area contributed by atoms with E-state index in [0.29, 0.717) is 12.8 Å². The fourth-order valence-corrected chi connectivity index (χ4v) is 10.0. The second kappa shape index (κ2) is 9.51. The molecule has 5 aliphatic carbocycles. The molecule has 2 unspecified atom stereocenters. The van der Waals surface area contributed by atoms with Crippen molar-refractivity contribution in [2.45, 2.75) is 76.9 Å². The Kier molecular flexibility index (Phi) is 6.34. The van der Waals surface area contributed by atoms with Crippen LogP contribution >= 0.6 is 11.8 Å². The van der Waals surface area contributed by atoms with E-state index in [4.69, 9.17) is 10.5 Å². The molecule has 0 spiro atoms. The summed E-state index contributed by atoms with van der Waals surface area (Å²) >= 11 is 1.04. The highest BCUT2D eigenvalue weighted by Crippen LogP contribution is 2.69. The van der Waals surface area contributed by atoms with Crippen LogP contribution in [-0.2, 0) is 20.7 Å². The first kappa shape index (κ1) is 27.3. The summed E-state index contributed by atoms with van der Waals surface area (Å²) in [6.45, 7) is 4.36. The molecule has 1 aromatic carbocycles. The number of aliphatic hydroxyl groups is 1. The molecule has 0 amide bonds. The summed E-state index contributed by atoms with van der Waals surface area (Å²) in [5.41, 5.74) is 7.93. The number of halogens is 1. The minimum atomic E-state index is -1.25. The molecule has 4 fully saturated rings. The Balaban J connectivity index is 1.23. The van der Waals surface area contributed by atoms with Gasteiger partial charge in [-0.1, -0.05) is 31.2 Å². The second-order valence-corrected chi connectivity index (χ2v) is 14.4. The summed E-state index contributed by atoms with van der Waals surface area (Å²) in [6, 6.07) is 6.38. The molecule has 218 valence electrons. The topological polar surface area (TPSA) is 107 Å². The number of allylic oxidation sites excluding steroid dienone is 1. The smallest absolute Gasteiger partial charge is 0.309 e. The lowest BCUT2D eigenvalue weighted by Gasteiger charge is -2.60. The van der Waals surface area contributed by atoms with Gasteiger partial charge in [-0.15, -0.1) is 0 Å². The van der Waals surface area contributed by atoms with Crippen molar-refractivity contribution in [2.75, 3.05) is 5.88 Å². The number of nitrogens with two attached hydrogens (primary N) is 1. The number of carbonyl (C=O) groups is 2. The minimum Gasteiger partial charge on any atom is -0.449 e. The van der Waals surface area contributed by atoms with Crippen LogP contribution in [0.3, 0.4) is 0 Å². The zero-order chi connectivity index (χ0) is 28.7. The number of nitrogens with zero attached hydrogens (tertiary/aromatic N) is 2. The number of fused-ring (bicyclic) bond motifs is 6. The van der Waals surface area contributed by atoms with Crippen molar-refractivity contribution in [3.8, 4) is 5.69 Å². The fraction of sp³-hybridized carbons (Fsp3) is 0.594. The molecule has 7 nitrogen and oxygen atoms in total. The molecule has 5 aliphatic rings. The van der Waals surface area contributed by atoms with Gasteiger partial charge >= 0.3 is 5.97 Å². The highest BCUT2D eigenvalue weighted by atomic mass is 32.2. The molecule has 9 heteroatoms. The van der Waals surface area contributed by atoms with Crippen molar-refractivity contribution >= 4 is 28.9 Å². The molecule has 0 bridgehead atoms. The maximum atomic E-state index is 13.7. The lowest BCUT2D eigenvalue weighted by Crippen LogP contribution is -2.62. The van der Waals surface area contributed by atoms with Crippen molar-refractivity contribution in [3.63, 3.8) is 0 Å². The average molecular weight is 580 g/mol. The molecule has 0 aliphatic heterocycles. The van der Waals surface area contributed by atoms with Crippen molar-refractivity contribution in [3.05, 3.63) is 53.1 Å². The van der Waals surface area contributed by atoms with E-state index < -0.39 is 17.1 Å². The second-order valence-electron chi connectivity index (χ2n) is 13.4. The summed E-state index contributed by atoms with van der Waals surface area (Å²) in [5, 5.41) is 16.5. The number of aromatic nitrogens is 2. The van der Waals surface area contributed by atoms with Gasteiger partial charge in [-0.2, -0.15) is 5.10 Å². The third-order valence-electron chi connectivity index (χ3n) is 11.3. The Morgan fingerprint density at radius 1 is 1.20 bits per heavy atom. The highest BCUT2D eigenvalue weighted by Gasteiger charge is 2.71. The molecular formula is C32H38FN3O4S. The van der Waals surface area contributed by atoms with Gasteiger partial charge in [-0.25, -0.2) is 9.07 Å². The normalized spacial score (nSPS) is 37.3. The standard InChI is InChI=1S/C32H38FN3O4S/c1-30-14-19-16-35-36(22-8-6-21(33)7-9-22)25(19)13-20(30)5-10-23-24-11-12-32(29(39)41-17-34,40-28(38)18-3-4-18)31(24,2)15-26(37)27(23)30/h6-9,13,16,18,23-24,26-27,37H,3-5,10-12,14-15,17,34H2,1-2H3/t23-,24?,26-,27?,30-,31-,32-/m0/s1. The molecule has 41 heavy (non-hydrogen) atoms. The Labute approximate surface area is 244 Å². The van der Waals surface area contributed by atoms with Gasteiger partial charge in [0.15, 0.2) is 5.60 Å². The van der Waals surface area contributed by atoms with Gasteiger partial charge in [-0.3, -0.25) is 9.59 Å². The molecule has 7 atom stereocenters. The number of benzene rings is 1. The van der Waals surface area contributed by atoms with Crippen molar-refractivity contribution in [1.82, 2.24) is 9.78 Å². The van der Waals surface area contributed by atoms with E-state index in [1.807, 2.05) is 10.9 Å². The molecule has 7 rings (SSSR count). The maximum absolute atomic E-state index is 13.7. The predicted octanol–water partition coefficient (Wildman–Crippen LogP) is 5.03. The Morgan fingerprint density at radius 2 is 1.95 bits per heavy atom. The predicted molar refractivity (Wildman–Crippen MR) is 154 cm³/mol. The molecule has 2 aromatic rings. The van der Waals surface area contributed by atoms with Crippen LogP contribution in [-0.4, -0.2) is 43.6 Å². The van der Waals surface area contributed by atoms with Crippen molar-refractivity contribution < 1.29 is 23.8 Å². The van der Waals surface area contributed by atoms with Crippen LogP contribution in [0.15, 0.2) is 36.0 Å². The van der Waals surface area contributed by atoms with E-state index >= 15 is 0 Å². The largest absolute Gasteiger partial charge is 0.449 e. The van der Waals surface area contributed by atoms with Crippen molar-refractivity contribution in [1.29, 1.82) is 0 Å². The first-order chi connectivity index (χ1) is 19.6. The quantitative estimate of drug-likeness (QED) is 0.378. The molecule has 4 saturated carbocycles. The molecular weight excluding hydrogens is 541 g/mol. The third kappa shape index (κ3) is 3.94. The van der Waals surface area contributed by atoms with Gasteiger partial charge in [0, 0.05) is 11.3 Å². The van der Waals surface area contributed by atoms with E-state index in [1.54, 1.807) is 12.1 Å². The van der Waals surface area contributed by atoms with Crippen LogP contribution in [0.2, 0.25) is 0 Å². The van der Waals surface area contributed by atoms with Crippen LogP contribution in [0, 0.1) is 40.3 Å². The first-order valence-electron chi connectivity index (χ1n) is 14.9. The van der Waals surface area contributed by atoms with Crippen LogP contribution in [0.25, 0.3) is 11.8 Å². The zero-order valence-corrected chi connectivity index (χ0v) is 24.5. The number of aliphatic hydroxyl groups excluding tert-OH is 1. The van der Waals surface area contributed by atoms with Crippen LogP contribution in [0.1, 0.15) is 70.1 Å². The summed E-state index contributed by atoms with van der Waals surface area (Å²) in [5.74, 6) is -0.136. The minimum absolute atomic E-state index is 0.0232. The van der Waals surface area contributed by atoms with Gasteiger partial charge in [0.25, 0.3) is 0 Å². The lowest BCUT2D eigenvalue weighted by atomic mass is 9.45. The highest BCUT2D eigenvalue weighted by molar-refractivity contribution is 8.13. The molecule has 0 saturated heterocycles. The summed E-state index contributed by atoms with van der Waals surface area (Å²) < 4.78 is 21.7. The van der Waals surface area contributed by atoms with Crippen LogP contribution < -0.4 is 5.73 Å². The molecule has 1 aromatic heterocycles. The monoisotopic (exact) mass is 579 g/mol. The lowest BCUT2D eigenvalue weighted by molar-refractivity contribution is -0.197. The van der Waals surface area contributed by atoms with E-state index in [2.05, 4.69) is 25.0 Å². The number of esters is 1. The van der Waals surface area contributed by atoms with Gasteiger partial charge in [-0.05, 0) is 110 Å². The number of thioether (sulfide) groups is 1. The first-order valence-corrected chi connectivity index (χ1v) is 15.9. The SMILES string of the molecule is C[C@]12Cc3cnn(-c4ccc(F)cc4)c3C=C1CC[C@@H]1C2[C@@H](O)C[C@@]2(C)C1CC[C@]2(OC(=O)C1CC1)C(=O)SCN. The molecule has 1 heterocycles. The average Bonchev–Trinajstić information content (AvgIpc) is 3.65. The van der Waals surface area contributed by atoms with E-state index in [9.17, 15) is 19.1 Å². The van der Waals surface area contributed by atoms with Gasteiger partial charge in [0.2, 0.25) is 5.12 Å². The van der Waals surface area contributed by atoms with Gasteiger partial charge in [0.05, 0.1) is 29.6 Å². The number of hydrogen-bond acceptors (Lipinski definition) is 7. The van der Waals surface area contributed by atoms with Gasteiger partial charge in [0.1, 0.15) is 5.82 Å². The van der Waals surface area contributed by atoms with Gasteiger partial charge < -0.3 is 15.6 Å². The number of rotatable bonds is 5. The van der Waals surface area contributed by atoms with Crippen LogP contribution in [0.5, 0.6) is 0 Å². The Hall–Kier alpha value is -2.49. The summed E-state index contributed by atoms with van der Waals surface area (Å²) in [4.78, 5) is 26.7. The third-order valence-corrected chi connectivity index (χ3v) is 12.1. The zero-order valence-electron chi connectivity index (χ0n) is 23.6. The molecule has 0 radical (unpaired) electrons. The van der Waals surface area contributed by atoms with E-state index in [-0.39, 0.29) is 51.9 Å². The van der Waals surface area contributed by atoms with E-state index in [1.165, 1.54) is 17.7 Å². The van der Waals surface area contributed by atoms with E-state index in [0.717, 1.165) is 67.2 Å². The Bertz CT molecular complexity index is 1440.